The Morgan fingerprint density at radius 1 is 0.586 bits per heavy atom. The topological polar surface area (TPSA) is 37.4 Å². The number of allylic oxidation sites excluding steroid dienone is 1. The molecule has 0 N–H and O–H groups in total. The second-order valence-electron chi connectivity index (χ2n) is 7.04. The molecular weight excluding hydrogens is 358 g/mol. The molecule has 0 saturated heterocycles. The predicted octanol–water partition coefficient (Wildman–Crippen LogP) is 5.26. The van der Waals surface area contributed by atoms with Gasteiger partial charge in [0.25, 0.3) is 0 Å². The van der Waals surface area contributed by atoms with Crippen LogP contribution in [0.15, 0.2) is 78.9 Å². The molecular formula is C26H23NO2. The van der Waals surface area contributed by atoms with Crippen LogP contribution in [0.2, 0.25) is 0 Å². The second kappa shape index (κ2) is 7.88. The van der Waals surface area contributed by atoms with E-state index in [1.807, 2.05) is 54.6 Å². The SMILES string of the molecule is CCN(CC)c1ccc(C2=C(c3ccccc3)C(=O)C(=O)c3ccccc32)cc1. The highest BCUT2D eigenvalue weighted by molar-refractivity contribution is 6.63. The fourth-order valence-electron chi connectivity index (χ4n) is 3.99. The van der Waals surface area contributed by atoms with Crippen molar-refractivity contribution in [1.82, 2.24) is 0 Å². The summed E-state index contributed by atoms with van der Waals surface area (Å²) < 4.78 is 0. The molecule has 0 atom stereocenters. The lowest BCUT2D eigenvalue weighted by Crippen LogP contribution is -2.24. The molecule has 0 saturated carbocycles. The highest BCUT2D eigenvalue weighted by atomic mass is 16.2. The van der Waals surface area contributed by atoms with Gasteiger partial charge in [-0.1, -0.05) is 66.7 Å². The second-order valence-corrected chi connectivity index (χ2v) is 7.04. The first-order valence-corrected chi connectivity index (χ1v) is 9.99. The highest BCUT2D eigenvalue weighted by Crippen LogP contribution is 2.39. The number of Topliss-reactive ketones (excluding diaryl/α,β-unsaturated/α-hetero) is 2. The maximum absolute atomic E-state index is 13.1. The van der Waals surface area contributed by atoms with Crippen LogP contribution in [0, 0.1) is 0 Å². The summed E-state index contributed by atoms with van der Waals surface area (Å²) in [6, 6.07) is 25.1. The number of benzene rings is 3. The smallest absolute Gasteiger partial charge is 0.234 e. The lowest BCUT2D eigenvalue weighted by atomic mass is 9.78. The van der Waals surface area contributed by atoms with Gasteiger partial charge in [0.2, 0.25) is 11.6 Å². The number of fused-ring (bicyclic) bond motifs is 1. The number of anilines is 1. The molecule has 1 aliphatic rings. The van der Waals surface area contributed by atoms with Crippen LogP contribution in [0.4, 0.5) is 5.69 Å². The average molecular weight is 381 g/mol. The van der Waals surface area contributed by atoms with Crippen LogP contribution < -0.4 is 4.90 Å². The zero-order chi connectivity index (χ0) is 20.4. The van der Waals surface area contributed by atoms with E-state index in [1.165, 1.54) is 0 Å². The predicted molar refractivity (Wildman–Crippen MR) is 118 cm³/mol. The molecule has 0 spiro atoms. The van der Waals surface area contributed by atoms with Gasteiger partial charge in [-0.05, 0) is 42.7 Å². The Hall–Kier alpha value is -3.46. The lowest BCUT2D eigenvalue weighted by Gasteiger charge is -2.24. The largest absolute Gasteiger partial charge is 0.372 e. The number of hydrogen-bond acceptors (Lipinski definition) is 3. The van der Waals surface area contributed by atoms with Crippen molar-refractivity contribution in [3.8, 4) is 0 Å². The number of carbonyl (C=O) groups excluding carboxylic acids is 2. The van der Waals surface area contributed by atoms with Crippen molar-refractivity contribution in [2.75, 3.05) is 18.0 Å². The molecule has 3 aromatic carbocycles. The number of carbonyl (C=O) groups is 2. The zero-order valence-corrected chi connectivity index (χ0v) is 16.7. The van der Waals surface area contributed by atoms with Crippen molar-refractivity contribution in [1.29, 1.82) is 0 Å². The summed E-state index contributed by atoms with van der Waals surface area (Å²) in [4.78, 5) is 28.2. The quantitative estimate of drug-likeness (QED) is 0.566. The molecule has 0 unspecified atom stereocenters. The van der Waals surface area contributed by atoms with Crippen LogP contribution in [0.1, 0.15) is 40.9 Å². The van der Waals surface area contributed by atoms with Gasteiger partial charge in [0.15, 0.2) is 0 Å². The van der Waals surface area contributed by atoms with Crippen molar-refractivity contribution in [2.45, 2.75) is 13.8 Å². The number of nitrogens with zero attached hydrogens (tertiary/aromatic N) is 1. The normalized spacial score (nSPS) is 13.4. The van der Waals surface area contributed by atoms with E-state index in [0.717, 1.165) is 41.0 Å². The van der Waals surface area contributed by atoms with Crippen LogP contribution in [0.3, 0.4) is 0 Å². The van der Waals surface area contributed by atoms with Crippen molar-refractivity contribution in [3.63, 3.8) is 0 Å². The van der Waals surface area contributed by atoms with E-state index >= 15 is 0 Å². The molecule has 0 aromatic heterocycles. The van der Waals surface area contributed by atoms with Crippen molar-refractivity contribution < 1.29 is 9.59 Å². The first-order valence-electron chi connectivity index (χ1n) is 9.99. The Morgan fingerprint density at radius 2 is 1.14 bits per heavy atom. The van der Waals surface area contributed by atoms with Gasteiger partial charge in [0.1, 0.15) is 0 Å². The van der Waals surface area contributed by atoms with Gasteiger partial charge in [0, 0.05) is 35.5 Å². The average Bonchev–Trinajstić information content (AvgIpc) is 2.78. The van der Waals surface area contributed by atoms with Crippen molar-refractivity contribution >= 4 is 28.4 Å². The maximum Gasteiger partial charge on any atom is 0.234 e. The molecule has 3 aromatic rings. The first-order chi connectivity index (χ1) is 14.2. The maximum atomic E-state index is 13.1. The Kier molecular flexibility index (Phi) is 5.13. The summed E-state index contributed by atoms with van der Waals surface area (Å²) >= 11 is 0. The molecule has 0 fully saturated rings. The van der Waals surface area contributed by atoms with Crippen LogP contribution in [0.5, 0.6) is 0 Å². The molecule has 4 rings (SSSR count). The van der Waals surface area contributed by atoms with Gasteiger partial charge in [-0.25, -0.2) is 0 Å². The minimum atomic E-state index is -0.447. The molecule has 3 heteroatoms. The van der Waals surface area contributed by atoms with Crippen LogP contribution >= 0.6 is 0 Å². The third kappa shape index (κ3) is 3.29. The molecule has 29 heavy (non-hydrogen) atoms. The van der Waals surface area contributed by atoms with Gasteiger partial charge in [-0.3, -0.25) is 9.59 Å². The van der Waals surface area contributed by atoms with E-state index < -0.39 is 11.6 Å². The van der Waals surface area contributed by atoms with Gasteiger partial charge in [-0.15, -0.1) is 0 Å². The summed E-state index contributed by atoms with van der Waals surface area (Å²) in [5.41, 5.74) is 5.43. The Balaban J connectivity index is 1.96. The molecule has 0 heterocycles. The summed E-state index contributed by atoms with van der Waals surface area (Å²) in [7, 11) is 0. The van der Waals surface area contributed by atoms with Crippen LogP contribution in [0.25, 0.3) is 11.1 Å². The summed E-state index contributed by atoms with van der Waals surface area (Å²) in [5.74, 6) is -0.888. The van der Waals surface area contributed by atoms with Gasteiger partial charge < -0.3 is 4.90 Å². The van der Waals surface area contributed by atoms with E-state index in [4.69, 9.17) is 0 Å². The van der Waals surface area contributed by atoms with Crippen LogP contribution in [-0.4, -0.2) is 24.7 Å². The minimum Gasteiger partial charge on any atom is -0.372 e. The van der Waals surface area contributed by atoms with Crippen molar-refractivity contribution in [2.24, 2.45) is 0 Å². The molecule has 1 aliphatic carbocycles. The van der Waals surface area contributed by atoms with Gasteiger partial charge in [0.05, 0.1) is 0 Å². The van der Waals surface area contributed by atoms with Gasteiger partial charge in [-0.2, -0.15) is 0 Å². The lowest BCUT2D eigenvalue weighted by molar-refractivity contribution is -0.110. The van der Waals surface area contributed by atoms with E-state index in [1.54, 1.807) is 12.1 Å². The molecule has 0 aliphatic heterocycles. The minimum absolute atomic E-state index is 0.442. The Morgan fingerprint density at radius 3 is 1.76 bits per heavy atom. The third-order valence-electron chi connectivity index (χ3n) is 5.47. The highest BCUT2D eigenvalue weighted by Gasteiger charge is 2.33. The van der Waals surface area contributed by atoms with Gasteiger partial charge >= 0.3 is 0 Å². The Bertz CT molecular complexity index is 1090. The van der Waals surface area contributed by atoms with E-state index in [2.05, 4.69) is 30.9 Å². The van der Waals surface area contributed by atoms with E-state index in [0.29, 0.717) is 11.1 Å². The fourth-order valence-corrected chi connectivity index (χ4v) is 3.99. The van der Waals surface area contributed by atoms with E-state index in [-0.39, 0.29) is 0 Å². The number of ketones is 2. The molecule has 3 nitrogen and oxygen atoms in total. The monoisotopic (exact) mass is 381 g/mol. The summed E-state index contributed by atoms with van der Waals surface area (Å²) in [6.07, 6.45) is 0. The molecule has 144 valence electrons. The van der Waals surface area contributed by atoms with Crippen molar-refractivity contribution in [3.05, 3.63) is 101 Å². The standard InChI is InChI=1S/C26H23NO2/c1-3-27(4-2)20-16-14-19(15-17-20)23-21-12-8-9-13-22(21)25(28)26(29)24(23)18-10-6-5-7-11-18/h5-17H,3-4H2,1-2H3. The molecule has 0 amide bonds. The summed E-state index contributed by atoms with van der Waals surface area (Å²) in [5, 5.41) is 0. The Labute approximate surface area is 171 Å². The number of hydrogen-bond donors (Lipinski definition) is 0. The molecule has 0 bridgehead atoms. The third-order valence-corrected chi connectivity index (χ3v) is 5.47. The van der Waals surface area contributed by atoms with Crippen LogP contribution in [-0.2, 0) is 4.79 Å². The number of rotatable bonds is 5. The molecule has 0 radical (unpaired) electrons. The zero-order valence-electron chi connectivity index (χ0n) is 16.7. The fraction of sp³-hybridized carbons (Fsp3) is 0.154. The van der Waals surface area contributed by atoms with E-state index in [9.17, 15) is 9.59 Å². The summed E-state index contributed by atoms with van der Waals surface area (Å²) in [6.45, 7) is 6.14. The first kappa shape index (κ1) is 18.9.